The van der Waals surface area contributed by atoms with Crippen molar-refractivity contribution in [1.29, 1.82) is 0 Å². The number of ketones is 1. The van der Waals surface area contributed by atoms with Gasteiger partial charge in [0.2, 0.25) is 0 Å². The fraction of sp³-hybridized carbons (Fsp3) is 0.467. The number of hydrogen-bond acceptors (Lipinski definition) is 5. The van der Waals surface area contributed by atoms with Gasteiger partial charge in [0.05, 0.1) is 0 Å². The second kappa shape index (κ2) is 6.55. The molecule has 1 amide bonds. The molecule has 7 nitrogen and oxygen atoms in total. The summed E-state index contributed by atoms with van der Waals surface area (Å²) in [5.41, 5.74) is 1.84. The average molecular weight is 304 g/mol. The summed E-state index contributed by atoms with van der Waals surface area (Å²) in [7, 11) is 0. The predicted octanol–water partition coefficient (Wildman–Crippen LogP) is 1.98. The molecule has 0 saturated heterocycles. The smallest absolute Gasteiger partial charge is 0.407 e. The van der Waals surface area contributed by atoms with E-state index in [1.807, 2.05) is 18.2 Å². The van der Waals surface area contributed by atoms with Gasteiger partial charge in [-0.25, -0.2) is 4.79 Å². The zero-order valence-electron chi connectivity index (χ0n) is 13.0. The highest BCUT2D eigenvalue weighted by Crippen LogP contribution is 2.11. The van der Waals surface area contributed by atoms with Crippen LogP contribution in [0.2, 0.25) is 0 Å². The van der Waals surface area contributed by atoms with E-state index < -0.39 is 11.7 Å². The molecule has 2 aromatic rings. The van der Waals surface area contributed by atoms with Gasteiger partial charge in [0, 0.05) is 19.4 Å². The van der Waals surface area contributed by atoms with Gasteiger partial charge in [-0.2, -0.15) is 15.4 Å². The second-order valence-electron chi connectivity index (χ2n) is 6.04. The van der Waals surface area contributed by atoms with Gasteiger partial charge in [0.15, 0.2) is 0 Å². The van der Waals surface area contributed by atoms with E-state index in [9.17, 15) is 9.59 Å². The normalized spacial score (nSPS) is 11.4. The number of hydrogen-bond donors (Lipinski definition) is 2. The number of fused-ring (bicyclic) bond motifs is 1. The Balaban J connectivity index is 1.77. The Morgan fingerprint density at radius 1 is 1.23 bits per heavy atom. The number of benzene rings is 1. The molecule has 118 valence electrons. The number of nitrogens with zero attached hydrogens (tertiary/aromatic N) is 2. The van der Waals surface area contributed by atoms with Crippen LogP contribution in [0.3, 0.4) is 0 Å². The Morgan fingerprint density at radius 2 is 1.95 bits per heavy atom. The Labute approximate surface area is 128 Å². The lowest BCUT2D eigenvalue weighted by molar-refractivity contribution is -0.118. The molecule has 0 fully saturated rings. The van der Waals surface area contributed by atoms with E-state index in [1.165, 1.54) is 0 Å². The van der Waals surface area contributed by atoms with E-state index in [-0.39, 0.29) is 18.7 Å². The third kappa shape index (κ3) is 4.83. The van der Waals surface area contributed by atoms with E-state index in [2.05, 4.69) is 20.7 Å². The molecule has 0 atom stereocenters. The lowest BCUT2D eigenvalue weighted by Gasteiger charge is -2.19. The maximum atomic E-state index is 11.9. The number of carbonyl (C=O) groups is 2. The Hall–Kier alpha value is -2.44. The summed E-state index contributed by atoms with van der Waals surface area (Å²) in [4.78, 5) is 23.4. The van der Waals surface area contributed by atoms with E-state index in [1.54, 1.807) is 20.8 Å². The molecule has 2 N–H and O–H groups in total. The molecule has 2 rings (SSSR count). The van der Waals surface area contributed by atoms with Gasteiger partial charge >= 0.3 is 6.09 Å². The molecule has 0 spiro atoms. The Bertz CT molecular complexity index is 673. The minimum Gasteiger partial charge on any atom is -0.444 e. The number of nitrogens with one attached hydrogen (secondary N) is 2. The van der Waals surface area contributed by atoms with Gasteiger partial charge in [0.25, 0.3) is 0 Å². The van der Waals surface area contributed by atoms with Gasteiger partial charge in [-0.05, 0) is 38.5 Å². The highest BCUT2D eigenvalue weighted by Gasteiger charge is 2.16. The number of aromatic nitrogens is 3. The number of H-pyrrole nitrogens is 1. The van der Waals surface area contributed by atoms with Crippen LogP contribution in [-0.2, 0) is 16.0 Å². The molecule has 0 aliphatic rings. The van der Waals surface area contributed by atoms with Crippen molar-refractivity contribution in [2.75, 3.05) is 6.54 Å². The summed E-state index contributed by atoms with van der Waals surface area (Å²) < 4.78 is 5.10. The lowest BCUT2D eigenvalue weighted by atomic mass is 10.1. The van der Waals surface area contributed by atoms with Crippen molar-refractivity contribution in [3.63, 3.8) is 0 Å². The van der Waals surface area contributed by atoms with Crippen LogP contribution in [0.15, 0.2) is 18.2 Å². The zero-order chi connectivity index (χ0) is 16.2. The first-order chi connectivity index (χ1) is 10.3. The van der Waals surface area contributed by atoms with Gasteiger partial charge in [-0.3, -0.25) is 4.79 Å². The van der Waals surface area contributed by atoms with Crippen molar-refractivity contribution < 1.29 is 14.3 Å². The van der Waals surface area contributed by atoms with Crippen molar-refractivity contribution in [1.82, 2.24) is 20.7 Å². The van der Waals surface area contributed by atoms with Crippen LogP contribution in [-0.4, -0.2) is 39.4 Å². The van der Waals surface area contributed by atoms with E-state index in [0.717, 1.165) is 16.6 Å². The largest absolute Gasteiger partial charge is 0.444 e. The fourth-order valence-electron chi connectivity index (χ4n) is 1.93. The number of alkyl carbamates (subject to hydrolysis) is 1. The number of carbonyl (C=O) groups excluding carboxylic acids is 2. The van der Waals surface area contributed by atoms with E-state index in [4.69, 9.17) is 4.74 Å². The van der Waals surface area contributed by atoms with Gasteiger partial charge in [0.1, 0.15) is 22.4 Å². The highest BCUT2D eigenvalue weighted by atomic mass is 16.6. The van der Waals surface area contributed by atoms with Crippen LogP contribution in [0.4, 0.5) is 4.79 Å². The number of ether oxygens (including phenoxy) is 1. The molecule has 1 heterocycles. The molecular weight excluding hydrogens is 284 g/mol. The summed E-state index contributed by atoms with van der Waals surface area (Å²) in [6.45, 7) is 5.63. The van der Waals surface area contributed by atoms with Crippen LogP contribution in [0.25, 0.3) is 11.0 Å². The Morgan fingerprint density at radius 3 is 2.68 bits per heavy atom. The molecule has 0 aliphatic carbocycles. The van der Waals surface area contributed by atoms with Crippen LogP contribution in [0.5, 0.6) is 0 Å². The quantitative estimate of drug-likeness (QED) is 0.880. The molecular formula is C15H20N4O3. The number of rotatable bonds is 5. The molecule has 0 radical (unpaired) electrons. The standard InChI is InChI=1S/C15H20N4O3/c1-15(2,3)22-14(21)16-7-6-11(20)8-10-4-5-12-13(9-10)18-19-17-12/h4-5,9H,6-8H2,1-3H3,(H,16,21)(H,17,18,19). The third-order valence-corrected chi connectivity index (χ3v) is 2.85. The topological polar surface area (TPSA) is 97.0 Å². The van der Waals surface area contributed by atoms with Crippen LogP contribution >= 0.6 is 0 Å². The molecule has 7 heteroatoms. The molecule has 0 aliphatic heterocycles. The first-order valence-electron chi connectivity index (χ1n) is 7.11. The SMILES string of the molecule is CC(C)(C)OC(=O)NCCC(=O)Cc1ccc2n[nH]nc2c1. The third-order valence-electron chi connectivity index (χ3n) is 2.85. The van der Waals surface area contributed by atoms with Gasteiger partial charge in [-0.1, -0.05) is 6.07 Å². The van der Waals surface area contributed by atoms with Crippen molar-refractivity contribution in [3.8, 4) is 0 Å². The minimum absolute atomic E-state index is 0.0407. The minimum atomic E-state index is -0.541. The molecule has 0 unspecified atom stereocenters. The zero-order valence-corrected chi connectivity index (χ0v) is 13.0. The fourth-order valence-corrected chi connectivity index (χ4v) is 1.93. The summed E-state index contributed by atoms with van der Waals surface area (Å²) in [5.74, 6) is 0.0407. The van der Waals surface area contributed by atoms with Crippen molar-refractivity contribution >= 4 is 22.9 Å². The monoisotopic (exact) mass is 304 g/mol. The van der Waals surface area contributed by atoms with E-state index in [0.29, 0.717) is 6.42 Å². The van der Waals surface area contributed by atoms with Crippen molar-refractivity contribution in [2.45, 2.75) is 39.2 Å². The maximum absolute atomic E-state index is 11.9. The number of Topliss-reactive ketones (excluding diaryl/α,β-unsaturated/α-hetero) is 1. The second-order valence-corrected chi connectivity index (χ2v) is 6.04. The number of aromatic amines is 1. The van der Waals surface area contributed by atoms with Gasteiger partial charge in [-0.15, -0.1) is 0 Å². The summed E-state index contributed by atoms with van der Waals surface area (Å²) in [6, 6.07) is 5.50. The highest BCUT2D eigenvalue weighted by molar-refractivity contribution is 5.83. The van der Waals surface area contributed by atoms with Crippen LogP contribution < -0.4 is 5.32 Å². The molecule has 0 bridgehead atoms. The van der Waals surface area contributed by atoms with Crippen LogP contribution in [0.1, 0.15) is 32.8 Å². The first-order valence-corrected chi connectivity index (χ1v) is 7.11. The predicted molar refractivity (Wildman–Crippen MR) is 81.5 cm³/mol. The van der Waals surface area contributed by atoms with Crippen LogP contribution in [0, 0.1) is 0 Å². The number of amides is 1. The molecule has 1 aromatic heterocycles. The average Bonchev–Trinajstić information content (AvgIpc) is 2.83. The summed E-state index contributed by atoms with van der Waals surface area (Å²) >= 11 is 0. The summed E-state index contributed by atoms with van der Waals surface area (Å²) in [5, 5.41) is 13.0. The van der Waals surface area contributed by atoms with Crippen molar-refractivity contribution in [3.05, 3.63) is 23.8 Å². The van der Waals surface area contributed by atoms with Crippen molar-refractivity contribution in [2.24, 2.45) is 0 Å². The lowest BCUT2D eigenvalue weighted by Crippen LogP contribution is -2.33. The molecule has 22 heavy (non-hydrogen) atoms. The Kier molecular flexibility index (Phi) is 4.75. The maximum Gasteiger partial charge on any atom is 0.407 e. The summed E-state index contributed by atoms with van der Waals surface area (Å²) in [6.07, 6.45) is 0.0545. The molecule has 1 aromatic carbocycles. The van der Waals surface area contributed by atoms with Gasteiger partial charge < -0.3 is 10.1 Å². The first kappa shape index (κ1) is 15.9. The van der Waals surface area contributed by atoms with E-state index >= 15 is 0 Å². The molecule has 0 saturated carbocycles.